The van der Waals surface area contributed by atoms with Crippen LogP contribution in [0, 0.1) is 0 Å². The van der Waals surface area contributed by atoms with E-state index in [-0.39, 0.29) is 17.9 Å². The van der Waals surface area contributed by atoms with E-state index in [1.807, 2.05) is 39.0 Å². The van der Waals surface area contributed by atoms with Gasteiger partial charge in [-0.1, -0.05) is 6.07 Å². The van der Waals surface area contributed by atoms with Crippen LogP contribution in [0.4, 0.5) is 10.5 Å². The summed E-state index contributed by atoms with van der Waals surface area (Å²) in [6.45, 7) is 6.70. The average Bonchev–Trinajstić information content (AvgIpc) is 2.44. The van der Waals surface area contributed by atoms with Crippen LogP contribution in [-0.4, -0.2) is 34.9 Å². The number of hydrogen-bond acceptors (Lipinski definition) is 3. The first-order valence-electron chi connectivity index (χ1n) is 7.24. The third-order valence-electron chi connectivity index (χ3n) is 3.28. The van der Waals surface area contributed by atoms with Crippen LogP contribution >= 0.6 is 11.6 Å². The number of fused-ring (bicyclic) bond motifs is 1. The molecule has 0 radical (unpaired) electrons. The highest BCUT2D eigenvalue weighted by Gasteiger charge is 2.25. The fourth-order valence-corrected chi connectivity index (χ4v) is 2.37. The Morgan fingerprint density at radius 1 is 1.32 bits per heavy atom. The minimum Gasteiger partial charge on any atom is -0.444 e. The molecule has 22 heavy (non-hydrogen) atoms. The van der Waals surface area contributed by atoms with Crippen molar-refractivity contribution in [2.24, 2.45) is 0 Å². The molecule has 2 amide bonds. The van der Waals surface area contributed by atoms with Gasteiger partial charge in [0, 0.05) is 18.8 Å². The average molecular weight is 325 g/mol. The van der Waals surface area contributed by atoms with Gasteiger partial charge in [0.15, 0.2) is 0 Å². The fourth-order valence-electron chi connectivity index (χ4n) is 2.31. The van der Waals surface area contributed by atoms with Gasteiger partial charge < -0.3 is 15.0 Å². The van der Waals surface area contributed by atoms with Crippen LogP contribution in [-0.2, 0) is 22.5 Å². The molecule has 6 heteroatoms. The van der Waals surface area contributed by atoms with Gasteiger partial charge in [-0.15, -0.1) is 11.6 Å². The minimum absolute atomic E-state index is 0.0660. The lowest BCUT2D eigenvalue weighted by Gasteiger charge is -2.31. The van der Waals surface area contributed by atoms with E-state index in [9.17, 15) is 9.59 Å². The van der Waals surface area contributed by atoms with Crippen molar-refractivity contribution in [3.63, 3.8) is 0 Å². The van der Waals surface area contributed by atoms with Crippen molar-refractivity contribution < 1.29 is 14.3 Å². The topological polar surface area (TPSA) is 58.6 Å². The largest absolute Gasteiger partial charge is 0.444 e. The molecule has 0 unspecified atom stereocenters. The first kappa shape index (κ1) is 16.6. The number of carbonyl (C=O) groups excluding carboxylic acids is 2. The number of anilines is 1. The van der Waals surface area contributed by atoms with Crippen LogP contribution in [0.25, 0.3) is 0 Å². The molecule has 0 saturated heterocycles. The van der Waals surface area contributed by atoms with Crippen LogP contribution in [0.1, 0.15) is 31.9 Å². The van der Waals surface area contributed by atoms with Crippen LogP contribution in [0.15, 0.2) is 18.2 Å². The standard InChI is InChI=1S/C16H21ClN2O3/c1-16(2,3)22-15(21)19-7-6-11-8-13(18-14(20)9-17)5-4-12(11)10-19/h4-5,8H,6-7,9-10H2,1-3H3,(H,18,20). The highest BCUT2D eigenvalue weighted by molar-refractivity contribution is 6.29. The Kier molecular flexibility index (Phi) is 4.96. The van der Waals surface area contributed by atoms with E-state index < -0.39 is 5.60 Å². The number of ether oxygens (including phenoxy) is 1. The summed E-state index contributed by atoms with van der Waals surface area (Å²) in [4.78, 5) is 25.1. The van der Waals surface area contributed by atoms with Gasteiger partial charge in [0.25, 0.3) is 0 Å². The number of carbonyl (C=O) groups is 2. The van der Waals surface area contributed by atoms with E-state index in [0.29, 0.717) is 13.1 Å². The smallest absolute Gasteiger partial charge is 0.410 e. The zero-order valence-corrected chi connectivity index (χ0v) is 13.9. The van der Waals surface area contributed by atoms with E-state index in [1.54, 1.807) is 4.90 Å². The Morgan fingerprint density at radius 3 is 2.68 bits per heavy atom. The Bertz CT molecular complexity index is 581. The van der Waals surface area contributed by atoms with Gasteiger partial charge >= 0.3 is 6.09 Å². The number of amides is 2. The van der Waals surface area contributed by atoms with Gasteiger partial charge in [0.1, 0.15) is 11.5 Å². The first-order chi connectivity index (χ1) is 10.3. The van der Waals surface area contributed by atoms with Crippen LogP contribution in [0.5, 0.6) is 0 Å². The highest BCUT2D eigenvalue weighted by atomic mass is 35.5. The predicted molar refractivity (Wildman–Crippen MR) is 86.1 cm³/mol. The second-order valence-corrected chi connectivity index (χ2v) is 6.58. The van der Waals surface area contributed by atoms with Crippen LogP contribution in [0.2, 0.25) is 0 Å². The normalized spacial score (nSPS) is 14.3. The molecule has 0 atom stereocenters. The summed E-state index contributed by atoms with van der Waals surface area (Å²) in [5.41, 5.74) is 2.44. The van der Waals surface area contributed by atoms with Gasteiger partial charge in [-0.05, 0) is 50.5 Å². The summed E-state index contributed by atoms with van der Waals surface area (Å²) in [7, 11) is 0. The maximum absolute atomic E-state index is 12.1. The lowest BCUT2D eigenvalue weighted by atomic mass is 9.99. The van der Waals surface area contributed by atoms with E-state index in [0.717, 1.165) is 23.2 Å². The van der Waals surface area contributed by atoms with Gasteiger partial charge in [0.2, 0.25) is 5.91 Å². The molecule has 120 valence electrons. The monoisotopic (exact) mass is 324 g/mol. The van der Waals surface area contributed by atoms with Crippen molar-refractivity contribution in [3.8, 4) is 0 Å². The molecule has 1 aliphatic heterocycles. The molecule has 1 aliphatic rings. The molecule has 0 spiro atoms. The number of benzene rings is 1. The summed E-state index contributed by atoms with van der Waals surface area (Å²) >= 11 is 5.48. The van der Waals surface area contributed by atoms with Crippen molar-refractivity contribution >= 4 is 29.3 Å². The number of nitrogens with zero attached hydrogens (tertiary/aromatic N) is 1. The van der Waals surface area contributed by atoms with Crippen molar-refractivity contribution in [1.82, 2.24) is 4.90 Å². The van der Waals surface area contributed by atoms with Crippen molar-refractivity contribution in [2.45, 2.75) is 39.3 Å². The Morgan fingerprint density at radius 2 is 2.05 bits per heavy atom. The van der Waals surface area contributed by atoms with Crippen LogP contribution in [0.3, 0.4) is 0 Å². The molecule has 0 aliphatic carbocycles. The van der Waals surface area contributed by atoms with Gasteiger partial charge in [-0.3, -0.25) is 4.79 Å². The SMILES string of the molecule is CC(C)(C)OC(=O)N1CCc2cc(NC(=O)CCl)ccc2C1. The van der Waals surface area contributed by atoms with Crippen molar-refractivity contribution in [2.75, 3.05) is 17.7 Å². The molecule has 5 nitrogen and oxygen atoms in total. The maximum Gasteiger partial charge on any atom is 0.410 e. The molecular formula is C16H21ClN2O3. The zero-order chi connectivity index (χ0) is 16.3. The van der Waals surface area contributed by atoms with Gasteiger partial charge in [-0.25, -0.2) is 4.79 Å². The molecule has 1 aromatic rings. The predicted octanol–water partition coefficient (Wildman–Crippen LogP) is 3.16. The molecule has 0 bridgehead atoms. The Balaban J connectivity index is 2.05. The molecular weight excluding hydrogens is 304 g/mol. The third kappa shape index (κ3) is 4.37. The van der Waals surface area contributed by atoms with E-state index in [2.05, 4.69) is 5.32 Å². The second-order valence-electron chi connectivity index (χ2n) is 6.32. The van der Waals surface area contributed by atoms with E-state index in [1.165, 1.54) is 0 Å². The van der Waals surface area contributed by atoms with E-state index in [4.69, 9.17) is 16.3 Å². The molecule has 0 fully saturated rings. The lowest BCUT2D eigenvalue weighted by molar-refractivity contribution is -0.113. The Hall–Kier alpha value is -1.75. The zero-order valence-electron chi connectivity index (χ0n) is 13.1. The Labute approximate surface area is 135 Å². The van der Waals surface area contributed by atoms with Gasteiger partial charge in [-0.2, -0.15) is 0 Å². The van der Waals surface area contributed by atoms with Crippen molar-refractivity contribution in [1.29, 1.82) is 0 Å². The number of halogens is 1. The van der Waals surface area contributed by atoms with Gasteiger partial charge in [0.05, 0.1) is 0 Å². The summed E-state index contributed by atoms with van der Waals surface area (Å²) in [6.07, 6.45) is 0.441. The summed E-state index contributed by atoms with van der Waals surface area (Å²) < 4.78 is 5.40. The second kappa shape index (κ2) is 6.57. The number of hydrogen-bond donors (Lipinski definition) is 1. The highest BCUT2D eigenvalue weighted by Crippen LogP contribution is 2.24. The molecule has 0 aromatic heterocycles. The first-order valence-corrected chi connectivity index (χ1v) is 7.77. The molecule has 1 heterocycles. The minimum atomic E-state index is -0.493. The summed E-state index contributed by atoms with van der Waals surface area (Å²) in [6, 6.07) is 5.68. The number of nitrogens with one attached hydrogen (secondary N) is 1. The lowest BCUT2D eigenvalue weighted by Crippen LogP contribution is -2.39. The maximum atomic E-state index is 12.1. The van der Waals surface area contributed by atoms with E-state index >= 15 is 0 Å². The molecule has 0 saturated carbocycles. The quantitative estimate of drug-likeness (QED) is 0.850. The van der Waals surface area contributed by atoms with Crippen molar-refractivity contribution in [3.05, 3.63) is 29.3 Å². The fraction of sp³-hybridized carbons (Fsp3) is 0.500. The molecule has 1 aromatic carbocycles. The number of rotatable bonds is 2. The summed E-state index contributed by atoms with van der Waals surface area (Å²) in [5.74, 6) is -0.295. The molecule has 2 rings (SSSR count). The summed E-state index contributed by atoms with van der Waals surface area (Å²) in [5, 5.41) is 2.73. The third-order valence-corrected chi connectivity index (χ3v) is 3.52. The van der Waals surface area contributed by atoms with Crippen LogP contribution < -0.4 is 5.32 Å². The number of alkyl halides is 1. The molecule has 1 N–H and O–H groups in total.